The number of imide groups is 1. The zero-order chi connectivity index (χ0) is 28.3. The summed E-state index contributed by atoms with van der Waals surface area (Å²) in [5, 5.41) is 4.12. The van der Waals surface area contributed by atoms with E-state index in [1.165, 1.54) is 42.6 Å². The molecule has 2 aliphatic rings. The van der Waals surface area contributed by atoms with Gasteiger partial charge in [0.25, 0.3) is 17.1 Å². The van der Waals surface area contributed by atoms with E-state index < -0.39 is 0 Å². The molecule has 1 saturated carbocycles. The predicted octanol–water partition coefficient (Wildman–Crippen LogP) is 7.76. The molecule has 1 aliphatic heterocycles. The SMILES string of the molecule is CC(C)(C)c1ccc(/C=C2\SC(=O)N(CCNC(=O)c3oc4ccccc4c3CSC3CCCCC3)C2=O)cc1. The minimum atomic E-state index is -0.336. The molecule has 2 aromatic carbocycles. The summed E-state index contributed by atoms with van der Waals surface area (Å²) >= 11 is 2.83. The summed E-state index contributed by atoms with van der Waals surface area (Å²) in [4.78, 5) is 40.4. The quantitative estimate of drug-likeness (QED) is 0.276. The van der Waals surface area contributed by atoms with Crippen molar-refractivity contribution in [3.05, 3.63) is 75.9 Å². The molecule has 40 heavy (non-hydrogen) atoms. The van der Waals surface area contributed by atoms with Gasteiger partial charge < -0.3 is 9.73 Å². The van der Waals surface area contributed by atoms with Gasteiger partial charge in [-0.2, -0.15) is 11.8 Å². The van der Waals surface area contributed by atoms with Crippen molar-refractivity contribution in [1.82, 2.24) is 10.2 Å². The lowest BCUT2D eigenvalue weighted by molar-refractivity contribution is -0.122. The first-order chi connectivity index (χ1) is 19.2. The fraction of sp³-hybridized carbons (Fsp3) is 0.406. The highest BCUT2D eigenvalue weighted by Gasteiger charge is 2.35. The van der Waals surface area contributed by atoms with Gasteiger partial charge >= 0.3 is 0 Å². The monoisotopic (exact) mass is 576 g/mol. The van der Waals surface area contributed by atoms with Crippen LogP contribution in [0.1, 0.15) is 80.1 Å². The van der Waals surface area contributed by atoms with Crippen LogP contribution in [0.15, 0.2) is 57.9 Å². The molecule has 0 unspecified atom stereocenters. The Morgan fingerprint density at radius 3 is 2.52 bits per heavy atom. The van der Waals surface area contributed by atoms with Gasteiger partial charge in [-0.3, -0.25) is 19.3 Å². The van der Waals surface area contributed by atoms with Gasteiger partial charge in [0.2, 0.25) is 0 Å². The molecular formula is C32H36N2O4S2. The van der Waals surface area contributed by atoms with Crippen molar-refractivity contribution in [1.29, 1.82) is 0 Å². The predicted molar refractivity (Wildman–Crippen MR) is 165 cm³/mol. The van der Waals surface area contributed by atoms with E-state index in [1.807, 2.05) is 60.3 Å². The third kappa shape index (κ3) is 6.50. The van der Waals surface area contributed by atoms with E-state index in [2.05, 4.69) is 26.1 Å². The fourth-order valence-electron chi connectivity index (χ4n) is 5.14. The van der Waals surface area contributed by atoms with E-state index in [0.29, 0.717) is 21.5 Å². The Balaban J connectivity index is 1.21. The van der Waals surface area contributed by atoms with E-state index in [1.54, 1.807) is 6.08 Å². The maximum atomic E-state index is 13.2. The molecule has 6 nitrogen and oxygen atoms in total. The van der Waals surface area contributed by atoms with E-state index in [0.717, 1.165) is 34.0 Å². The highest BCUT2D eigenvalue weighted by molar-refractivity contribution is 8.18. The molecule has 1 saturated heterocycles. The minimum Gasteiger partial charge on any atom is -0.451 e. The summed E-state index contributed by atoms with van der Waals surface area (Å²) in [6.07, 6.45) is 8.03. The van der Waals surface area contributed by atoms with Crippen molar-refractivity contribution in [2.75, 3.05) is 13.1 Å². The topological polar surface area (TPSA) is 79.6 Å². The van der Waals surface area contributed by atoms with E-state index in [4.69, 9.17) is 4.42 Å². The van der Waals surface area contributed by atoms with Gasteiger partial charge in [0.05, 0.1) is 4.91 Å². The highest BCUT2D eigenvalue weighted by Crippen LogP contribution is 2.35. The molecule has 3 amide bonds. The average molecular weight is 577 g/mol. The van der Waals surface area contributed by atoms with Crippen LogP contribution in [0.25, 0.3) is 17.0 Å². The summed E-state index contributed by atoms with van der Waals surface area (Å²) in [6, 6.07) is 15.8. The molecule has 0 bridgehead atoms. The first kappa shape index (κ1) is 28.6. The number of furan rings is 1. The lowest BCUT2D eigenvalue weighted by atomic mass is 9.87. The van der Waals surface area contributed by atoms with Gasteiger partial charge in [-0.25, -0.2) is 0 Å². The highest BCUT2D eigenvalue weighted by atomic mass is 32.2. The number of nitrogens with zero attached hydrogens (tertiary/aromatic N) is 1. The summed E-state index contributed by atoms with van der Waals surface area (Å²) in [5.41, 5.74) is 3.72. The van der Waals surface area contributed by atoms with Crippen LogP contribution >= 0.6 is 23.5 Å². The molecule has 0 radical (unpaired) electrons. The molecule has 1 N–H and O–H groups in total. The van der Waals surface area contributed by atoms with Gasteiger partial charge in [0.1, 0.15) is 5.58 Å². The molecule has 1 aromatic heterocycles. The van der Waals surface area contributed by atoms with E-state index in [-0.39, 0.29) is 35.6 Å². The molecule has 0 spiro atoms. The van der Waals surface area contributed by atoms with Crippen LogP contribution in [0.4, 0.5) is 4.79 Å². The normalized spacial score (nSPS) is 17.8. The van der Waals surface area contributed by atoms with Gasteiger partial charge in [-0.1, -0.05) is 82.5 Å². The van der Waals surface area contributed by atoms with E-state index in [9.17, 15) is 14.4 Å². The van der Waals surface area contributed by atoms with Crippen molar-refractivity contribution < 1.29 is 18.8 Å². The van der Waals surface area contributed by atoms with Crippen LogP contribution in [0.2, 0.25) is 0 Å². The molecular weight excluding hydrogens is 540 g/mol. The molecule has 5 rings (SSSR count). The fourth-order valence-corrected chi connectivity index (χ4v) is 7.36. The largest absolute Gasteiger partial charge is 0.451 e. The number of benzene rings is 2. The average Bonchev–Trinajstić information content (AvgIpc) is 3.44. The third-order valence-corrected chi connectivity index (χ3v) is 9.79. The van der Waals surface area contributed by atoms with Crippen molar-refractivity contribution >= 4 is 57.6 Å². The lowest BCUT2D eigenvalue weighted by Crippen LogP contribution is -2.37. The van der Waals surface area contributed by atoms with Crippen LogP contribution in [0.5, 0.6) is 0 Å². The second-order valence-corrected chi connectivity index (χ2v) is 13.7. The number of carbonyl (C=O) groups excluding carboxylic acids is 3. The molecule has 8 heteroatoms. The number of fused-ring (bicyclic) bond motifs is 1. The van der Waals surface area contributed by atoms with Crippen LogP contribution in [0.3, 0.4) is 0 Å². The number of hydrogen-bond donors (Lipinski definition) is 1. The van der Waals surface area contributed by atoms with Gasteiger partial charge in [-0.05, 0) is 53.3 Å². The first-order valence-corrected chi connectivity index (χ1v) is 15.8. The summed E-state index contributed by atoms with van der Waals surface area (Å²) in [6.45, 7) is 6.70. The Kier molecular flexibility index (Phi) is 8.76. The number of para-hydroxylation sites is 1. The van der Waals surface area contributed by atoms with E-state index >= 15 is 0 Å². The second kappa shape index (κ2) is 12.3. The number of nitrogens with one attached hydrogen (secondary N) is 1. The van der Waals surface area contributed by atoms with Crippen LogP contribution < -0.4 is 5.32 Å². The Bertz CT molecular complexity index is 1430. The van der Waals surface area contributed by atoms with Crippen molar-refractivity contribution in [2.24, 2.45) is 0 Å². The number of carbonyl (C=O) groups is 3. The van der Waals surface area contributed by atoms with Gasteiger partial charge in [0.15, 0.2) is 5.76 Å². The third-order valence-electron chi connectivity index (χ3n) is 7.49. The summed E-state index contributed by atoms with van der Waals surface area (Å²) < 4.78 is 5.99. The summed E-state index contributed by atoms with van der Waals surface area (Å²) in [5.74, 6) is 0.376. The summed E-state index contributed by atoms with van der Waals surface area (Å²) in [7, 11) is 0. The number of hydrogen-bond acceptors (Lipinski definition) is 6. The zero-order valence-electron chi connectivity index (χ0n) is 23.3. The number of amides is 3. The van der Waals surface area contributed by atoms with Crippen LogP contribution in [-0.2, 0) is 16.0 Å². The Labute approximate surface area is 244 Å². The smallest absolute Gasteiger partial charge is 0.293 e. The Morgan fingerprint density at radius 2 is 1.80 bits per heavy atom. The van der Waals surface area contributed by atoms with Crippen molar-refractivity contribution in [3.63, 3.8) is 0 Å². The number of rotatable bonds is 8. The maximum Gasteiger partial charge on any atom is 0.293 e. The first-order valence-electron chi connectivity index (χ1n) is 14.0. The maximum absolute atomic E-state index is 13.2. The molecule has 3 aromatic rings. The zero-order valence-corrected chi connectivity index (χ0v) is 25.0. The van der Waals surface area contributed by atoms with Crippen LogP contribution in [0, 0.1) is 0 Å². The molecule has 2 fully saturated rings. The second-order valence-electron chi connectivity index (χ2n) is 11.4. The Morgan fingerprint density at radius 1 is 1.07 bits per heavy atom. The molecule has 210 valence electrons. The molecule has 1 aliphatic carbocycles. The minimum absolute atomic E-state index is 0.0398. The van der Waals surface area contributed by atoms with Crippen molar-refractivity contribution in [3.8, 4) is 0 Å². The molecule has 0 atom stereocenters. The van der Waals surface area contributed by atoms with Gasteiger partial charge in [-0.15, -0.1) is 0 Å². The van der Waals surface area contributed by atoms with Crippen molar-refractivity contribution in [2.45, 2.75) is 69.3 Å². The van der Waals surface area contributed by atoms with Crippen LogP contribution in [-0.4, -0.2) is 40.3 Å². The van der Waals surface area contributed by atoms with Gasteiger partial charge in [0, 0.05) is 35.0 Å². The number of thioether (sulfide) groups is 2. The molecule has 2 heterocycles. The standard InChI is InChI=1S/C32H36N2O4S2/c1-32(2,3)22-15-13-21(14-16-22)19-27-30(36)34(31(37)40-27)18-17-33-29(35)28-25(20-39-23-9-5-4-6-10-23)24-11-7-8-12-26(24)38-28/h7-8,11-16,19,23H,4-6,9-10,17-18,20H2,1-3H3,(H,33,35)/b27-19-. The lowest BCUT2D eigenvalue weighted by Gasteiger charge is -2.20. The Hall–Kier alpha value is -2.97.